The third kappa shape index (κ3) is 5.21. The van der Waals surface area contributed by atoms with Gasteiger partial charge in [-0.15, -0.1) is 6.42 Å². The first-order valence-electron chi connectivity index (χ1n) is 9.60. The molecule has 0 atom stereocenters. The highest BCUT2D eigenvalue weighted by Crippen LogP contribution is 2.36. The molecule has 3 rings (SSSR count). The van der Waals surface area contributed by atoms with Crippen molar-refractivity contribution < 1.29 is 18.0 Å². The Bertz CT molecular complexity index is 1260. The number of carbonyl (C=O) groups is 1. The number of rotatable bonds is 5. The summed E-state index contributed by atoms with van der Waals surface area (Å²) in [6, 6.07) is 6.14. The highest BCUT2D eigenvalue weighted by molar-refractivity contribution is 5.78. The molecule has 9 heteroatoms. The van der Waals surface area contributed by atoms with Crippen molar-refractivity contribution in [2.45, 2.75) is 26.6 Å². The molecule has 0 saturated heterocycles. The van der Waals surface area contributed by atoms with Crippen LogP contribution in [-0.2, 0) is 17.5 Å². The van der Waals surface area contributed by atoms with Crippen molar-refractivity contribution in [1.82, 2.24) is 20.3 Å². The first-order chi connectivity index (χ1) is 15.1. The molecule has 2 N–H and O–H groups in total. The first kappa shape index (κ1) is 22.7. The Kier molecular flexibility index (Phi) is 6.44. The van der Waals surface area contributed by atoms with E-state index < -0.39 is 17.3 Å². The van der Waals surface area contributed by atoms with Gasteiger partial charge in [0.1, 0.15) is 5.82 Å². The third-order valence-corrected chi connectivity index (χ3v) is 4.58. The second-order valence-corrected chi connectivity index (χ2v) is 7.34. The SMILES string of the molecule is C#Cc1cncc(-c2cc(=O)[nH]c(-c3cc(CNC(=O)C(C)C)ccc3C(F)(F)F)n2)c1. The van der Waals surface area contributed by atoms with E-state index in [1.165, 1.54) is 24.5 Å². The van der Waals surface area contributed by atoms with E-state index in [-0.39, 0.29) is 35.5 Å². The summed E-state index contributed by atoms with van der Waals surface area (Å²) in [5, 5.41) is 2.66. The summed E-state index contributed by atoms with van der Waals surface area (Å²) in [6.45, 7) is 3.44. The fraction of sp³-hybridized carbons (Fsp3) is 0.217. The number of nitrogens with zero attached hydrogens (tertiary/aromatic N) is 2. The molecule has 164 valence electrons. The Labute approximate surface area is 181 Å². The van der Waals surface area contributed by atoms with Crippen molar-refractivity contribution in [1.29, 1.82) is 0 Å². The van der Waals surface area contributed by atoms with E-state index in [4.69, 9.17) is 6.42 Å². The number of carbonyl (C=O) groups excluding carboxylic acids is 1. The van der Waals surface area contributed by atoms with Gasteiger partial charge in [-0.05, 0) is 23.8 Å². The van der Waals surface area contributed by atoms with Gasteiger partial charge in [0.05, 0.1) is 11.3 Å². The van der Waals surface area contributed by atoms with E-state index >= 15 is 0 Å². The lowest BCUT2D eigenvalue weighted by Gasteiger charge is -2.15. The lowest BCUT2D eigenvalue weighted by Crippen LogP contribution is -2.27. The van der Waals surface area contributed by atoms with Crippen molar-refractivity contribution in [2.75, 3.05) is 0 Å². The molecule has 0 aliphatic carbocycles. The second kappa shape index (κ2) is 9.06. The van der Waals surface area contributed by atoms with Crippen LogP contribution in [0.15, 0.2) is 47.5 Å². The molecule has 32 heavy (non-hydrogen) atoms. The molecule has 1 aromatic carbocycles. The molecular formula is C23H19F3N4O2. The maximum absolute atomic E-state index is 13.7. The lowest BCUT2D eigenvalue weighted by molar-refractivity contribution is -0.137. The van der Waals surface area contributed by atoms with Gasteiger partial charge in [0.2, 0.25) is 5.91 Å². The van der Waals surface area contributed by atoms with Gasteiger partial charge in [-0.3, -0.25) is 14.6 Å². The van der Waals surface area contributed by atoms with Gasteiger partial charge in [0, 0.05) is 47.6 Å². The molecule has 6 nitrogen and oxygen atoms in total. The second-order valence-electron chi connectivity index (χ2n) is 7.34. The molecule has 2 aromatic heterocycles. The number of nitrogens with one attached hydrogen (secondary N) is 2. The van der Waals surface area contributed by atoms with Gasteiger partial charge in [-0.25, -0.2) is 4.98 Å². The van der Waals surface area contributed by atoms with Gasteiger partial charge in [0.25, 0.3) is 5.56 Å². The number of amides is 1. The molecule has 0 aliphatic rings. The number of benzene rings is 1. The predicted molar refractivity (Wildman–Crippen MR) is 113 cm³/mol. The molecule has 1 amide bonds. The number of hydrogen-bond acceptors (Lipinski definition) is 4. The van der Waals surface area contributed by atoms with Crippen molar-refractivity contribution in [3.63, 3.8) is 0 Å². The summed E-state index contributed by atoms with van der Waals surface area (Å²) in [7, 11) is 0. The van der Waals surface area contributed by atoms with Gasteiger partial charge in [-0.1, -0.05) is 25.8 Å². The molecule has 0 spiro atoms. The fourth-order valence-corrected chi connectivity index (χ4v) is 2.93. The van der Waals surface area contributed by atoms with Crippen LogP contribution in [0.25, 0.3) is 22.6 Å². The van der Waals surface area contributed by atoms with Gasteiger partial charge in [0.15, 0.2) is 0 Å². The van der Waals surface area contributed by atoms with Crippen molar-refractivity contribution in [3.05, 3.63) is 69.8 Å². The molecule has 0 saturated carbocycles. The van der Waals surface area contributed by atoms with Crippen LogP contribution in [0.3, 0.4) is 0 Å². The molecule has 0 aliphatic heterocycles. The van der Waals surface area contributed by atoms with Crippen LogP contribution >= 0.6 is 0 Å². The summed E-state index contributed by atoms with van der Waals surface area (Å²) in [5.41, 5.74) is -0.540. The zero-order valence-corrected chi connectivity index (χ0v) is 17.2. The maximum atomic E-state index is 13.7. The van der Waals surface area contributed by atoms with E-state index in [1.807, 2.05) is 0 Å². The highest BCUT2D eigenvalue weighted by Gasteiger charge is 2.34. The normalized spacial score (nSPS) is 11.3. The van der Waals surface area contributed by atoms with Crippen LogP contribution in [0.2, 0.25) is 0 Å². The summed E-state index contributed by atoms with van der Waals surface area (Å²) >= 11 is 0. The van der Waals surface area contributed by atoms with Crippen LogP contribution in [-0.4, -0.2) is 20.9 Å². The molecule has 0 bridgehead atoms. The van der Waals surface area contributed by atoms with Crippen LogP contribution in [0.5, 0.6) is 0 Å². The van der Waals surface area contributed by atoms with Crippen molar-refractivity contribution in [3.8, 4) is 35.0 Å². The quantitative estimate of drug-likeness (QED) is 0.592. The average molecular weight is 440 g/mol. The first-order valence-corrected chi connectivity index (χ1v) is 9.60. The van der Waals surface area contributed by atoms with Gasteiger partial charge < -0.3 is 10.3 Å². The number of alkyl halides is 3. The number of pyridine rings is 1. The Balaban J connectivity index is 2.11. The minimum Gasteiger partial charge on any atom is -0.352 e. The van der Waals surface area contributed by atoms with E-state index in [2.05, 4.69) is 26.2 Å². The topological polar surface area (TPSA) is 87.7 Å². The number of aromatic amines is 1. The standard InChI is InChI=1S/C23H19F3N4O2/c1-4-14-7-16(12-27-10-14)19-9-20(31)30-21(29-19)17-8-15(11-28-22(32)13(2)3)5-6-18(17)23(24,25)26/h1,5-10,12-13H,11H2,2-3H3,(H,28,32)(H,29,30,31). The Morgan fingerprint density at radius 3 is 2.62 bits per heavy atom. The molecule has 0 radical (unpaired) electrons. The number of halogens is 3. The van der Waals surface area contributed by atoms with Gasteiger partial charge in [-0.2, -0.15) is 13.2 Å². The van der Waals surface area contributed by atoms with E-state index in [0.29, 0.717) is 16.7 Å². The van der Waals surface area contributed by atoms with Crippen LogP contribution in [0.4, 0.5) is 13.2 Å². The van der Waals surface area contributed by atoms with Crippen molar-refractivity contribution >= 4 is 5.91 Å². The summed E-state index contributed by atoms with van der Waals surface area (Å²) in [6.07, 6.45) is 3.53. The zero-order valence-electron chi connectivity index (χ0n) is 17.2. The Morgan fingerprint density at radius 2 is 1.97 bits per heavy atom. The molecular weight excluding hydrogens is 421 g/mol. The van der Waals surface area contributed by atoms with Crippen LogP contribution < -0.4 is 10.9 Å². The van der Waals surface area contributed by atoms with Gasteiger partial charge >= 0.3 is 6.18 Å². The predicted octanol–water partition coefficient (Wildman–Crippen LogP) is 3.77. The largest absolute Gasteiger partial charge is 0.417 e. The number of aromatic nitrogens is 3. The molecule has 0 unspecified atom stereocenters. The van der Waals surface area contributed by atoms with E-state index in [0.717, 1.165) is 12.1 Å². The Hall–Kier alpha value is -3.93. The number of H-pyrrole nitrogens is 1. The average Bonchev–Trinajstić information content (AvgIpc) is 2.76. The third-order valence-electron chi connectivity index (χ3n) is 4.58. The summed E-state index contributed by atoms with van der Waals surface area (Å²) < 4.78 is 41.1. The molecule has 3 aromatic rings. The summed E-state index contributed by atoms with van der Waals surface area (Å²) in [4.78, 5) is 34.7. The zero-order chi connectivity index (χ0) is 23.5. The minimum atomic E-state index is -4.69. The number of terminal acetylenes is 1. The Morgan fingerprint density at radius 1 is 1.22 bits per heavy atom. The van der Waals surface area contributed by atoms with E-state index in [1.54, 1.807) is 19.9 Å². The summed E-state index contributed by atoms with van der Waals surface area (Å²) in [5.74, 6) is 1.64. The fourth-order valence-electron chi connectivity index (χ4n) is 2.93. The van der Waals surface area contributed by atoms with E-state index in [9.17, 15) is 22.8 Å². The van der Waals surface area contributed by atoms with Crippen molar-refractivity contribution in [2.24, 2.45) is 5.92 Å². The maximum Gasteiger partial charge on any atom is 0.417 e. The smallest absolute Gasteiger partial charge is 0.352 e. The number of hydrogen-bond donors (Lipinski definition) is 2. The lowest BCUT2D eigenvalue weighted by atomic mass is 10.0. The minimum absolute atomic E-state index is 0.0280. The molecule has 2 heterocycles. The monoisotopic (exact) mass is 440 g/mol. The van der Waals surface area contributed by atoms with Crippen LogP contribution in [0.1, 0.15) is 30.5 Å². The van der Waals surface area contributed by atoms with Crippen LogP contribution in [0, 0.1) is 18.3 Å². The highest BCUT2D eigenvalue weighted by atomic mass is 19.4. The molecule has 0 fully saturated rings.